The van der Waals surface area contributed by atoms with Crippen LogP contribution >= 0.6 is 22.6 Å². The zero-order valence-electron chi connectivity index (χ0n) is 14.0. The Morgan fingerprint density at radius 2 is 2.27 bits per heavy atom. The first-order valence-electron chi connectivity index (χ1n) is 8.28. The molecule has 1 atom stereocenters. The second-order valence-electron chi connectivity index (χ2n) is 6.10. The van der Waals surface area contributed by atoms with Crippen LogP contribution in [0.5, 0.6) is 0 Å². The van der Waals surface area contributed by atoms with Crippen LogP contribution in [0.25, 0.3) is 0 Å². The number of halogens is 1. The molecule has 26 heavy (non-hydrogen) atoms. The van der Waals surface area contributed by atoms with Crippen LogP contribution in [0.15, 0.2) is 42.7 Å². The number of hydrogen-bond donors (Lipinski definition) is 0. The van der Waals surface area contributed by atoms with Crippen molar-refractivity contribution in [3.8, 4) is 0 Å². The van der Waals surface area contributed by atoms with Gasteiger partial charge in [0.15, 0.2) is 0 Å². The third kappa shape index (κ3) is 4.55. The van der Waals surface area contributed by atoms with Crippen LogP contribution in [0.3, 0.4) is 0 Å². The molecule has 0 spiro atoms. The van der Waals surface area contributed by atoms with E-state index < -0.39 is 4.92 Å². The molecular formula is C18H18IN3O4. The van der Waals surface area contributed by atoms with Gasteiger partial charge in [0.05, 0.1) is 16.6 Å². The van der Waals surface area contributed by atoms with E-state index in [0.717, 1.165) is 18.4 Å². The fraction of sp³-hybridized carbons (Fsp3) is 0.333. The molecule has 1 aliphatic rings. The van der Waals surface area contributed by atoms with Gasteiger partial charge in [-0.25, -0.2) is 0 Å². The molecule has 0 radical (unpaired) electrons. The first-order chi connectivity index (χ1) is 12.5. The molecule has 1 fully saturated rings. The Bertz CT molecular complexity index is 794. The summed E-state index contributed by atoms with van der Waals surface area (Å²) >= 11 is 2.03. The number of amides is 1. The Morgan fingerprint density at radius 1 is 1.42 bits per heavy atom. The molecule has 2 aromatic rings. The maximum atomic E-state index is 13.2. The summed E-state index contributed by atoms with van der Waals surface area (Å²) in [4.78, 5) is 29.5. The van der Waals surface area contributed by atoms with Crippen molar-refractivity contribution in [1.29, 1.82) is 0 Å². The fourth-order valence-electron chi connectivity index (χ4n) is 2.93. The summed E-state index contributed by atoms with van der Waals surface area (Å²) in [6, 6.07) is 8.07. The van der Waals surface area contributed by atoms with Gasteiger partial charge in [-0.3, -0.25) is 19.9 Å². The number of pyridine rings is 1. The zero-order valence-corrected chi connectivity index (χ0v) is 16.2. The molecule has 3 rings (SSSR count). The Balaban J connectivity index is 1.88. The second kappa shape index (κ2) is 8.54. The number of rotatable bonds is 6. The third-order valence-electron chi connectivity index (χ3n) is 4.22. The van der Waals surface area contributed by atoms with Gasteiger partial charge in [-0.05, 0) is 53.1 Å². The molecule has 1 saturated heterocycles. The number of nitro benzene ring substituents is 1. The molecule has 7 nitrogen and oxygen atoms in total. The molecule has 1 aromatic carbocycles. The van der Waals surface area contributed by atoms with Gasteiger partial charge in [0, 0.05) is 47.8 Å². The van der Waals surface area contributed by atoms with Crippen molar-refractivity contribution < 1.29 is 14.5 Å². The van der Waals surface area contributed by atoms with E-state index in [1.807, 2.05) is 34.7 Å². The van der Waals surface area contributed by atoms with Crippen molar-refractivity contribution in [1.82, 2.24) is 9.88 Å². The summed E-state index contributed by atoms with van der Waals surface area (Å²) in [5.74, 6) is -0.238. The number of non-ortho nitro benzene ring substituents is 1. The first kappa shape index (κ1) is 18.7. The number of benzene rings is 1. The van der Waals surface area contributed by atoms with Gasteiger partial charge in [0.2, 0.25) is 0 Å². The van der Waals surface area contributed by atoms with Crippen molar-refractivity contribution in [2.45, 2.75) is 25.5 Å². The Labute approximate surface area is 164 Å². The summed E-state index contributed by atoms with van der Waals surface area (Å²) < 4.78 is 6.36. The van der Waals surface area contributed by atoms with E-state index in [-0.39, 0.29) is 17.7 Å². The summed E-state index contributed by atoms with van der Waals surface area (Å²) in [6.45, 7) is 1.53. The molecule has 0 saturated carbocycles. The van der Waals surface area contributed by atoms with Crippen LogP contribution in [0.1, 0.15) is 28.8 Å². The van der Waals surface area contributed by atoms with Gasteiger partial charge < -0.3 is 9.64 Å². The average molecular weight is 467 g/mol. The van der Waals surface area contributed by atoms with Crippen molar-refractivity contribution in [3.63, 3.8) is 0 Å². The van der Waals surface area contributed by atoms with Gasteiger partial charge >= 0.3 is 0 Å². The summed E-state index contributed by atoms with van der Waals surface area (Å²) in [7, 11) is 0. The Morgan fingerprint density at radius 3 is 2.92 bits per heavy atom. The predicted molar refractivity (Wildman–Crippen MR) is 104 cm³/mol. The normalized spacial score (nSPS) is 16.4. The summed E-state index contributed by atoms with van der Waals surface area (Å²) in [5.41, 5.74) is 1.15. The lowest BCUT2D eigenvalue weighted by Gasteiger charge is -2.26. The van der Waals surface area contributed by atoms with E-state index in [1.54, 1.807) is 23.4 Å². The fourth-order valence-corrected chi connectivity index (χ4v) is 3.49. The number of nitro groups is 1. The van der Waals surface area contributed by atoms with E-state index in [4.69, 9.17) is 4.74 Å². The van der Waals surface area contributed by atoms with Gasteiger partial charge in [-0.2, -0.15) is 0 Å². The van der Waals surface area contributed by atoms with Crippen LogP contribution in [0.2, 0.25) is 0 Å². The quantitative estimate of drug-likeness (QED) is 0.369. The molecular weight excluding hydrogens is 449 g/mol. The molecule has 1 aromatic heterocycles. The van der Waals surface area contributed by atoms with Gasteiger partial charge in [0.25, 0.3) is 11.6 Å². The highest BCUT2D eigenvalue weighted by molar-refractivity contribution is 14.1. The number of hydrogen-bond acceptors (Lipinski definition) is 5. The molecule has 1 amide bonds. The topological polar surface area (TPSA) is 85.6 Å². The van der Waals surface area contributed by atoms with Crippen LogP contribution in [-0.4, -0.2) is 40.0 Å². The standard InChI is InChI=1S/C18H18IN3O4/c19-17-6-5-14(22(24)25)9-16(17)18(23)21(12-15-4-2-8-26-15)11-13-3-1-7-20-10-13/h1,3,5-7,9-10,15H,2,4,8,11-12H2. The Hall–Kier alpha value is -2.07. The minimum absolute atomic E-state index is 0.00743. The van der Waals surface area contributed by atoms with Gasteiger partial charge in [0.1, 0.15) is 0 Å². The van der Waals surface area contributed by atoms with Crippen LogP contribution in [-0.2, 0) is 11.3 Å². The third-order valence-corrected chi connectivity index (χ3v) is 5.16. The highest BCUT2D eigenvalue weighted by atomic mass is 127. The monoisotopic (exact) mass is 467 g/mol. The number of ether oxygens (including phenoxy) is 1. The van der Waals surface area contributed by atoms with Crippen molar-refractivity contribution in [2.75, 3.05) is 13.2 Å². The first-order valence-corrected chi connectivity index (χ1v) is 9.36. The van der Waals surface area contributed by atoms with E-state index in [2.05, 4.69) is 4.98 Å². The molecule has 0 aliphatic carbocycles. The highest BCUT2D eigenvalue weighted by Crippen LogP contribution is 2.23. The van der Waals surface area contributed by atoms with Gasteiger partial charge in [-0.15, -0.1) is 0 Å². The minimum atomic E-state index is -0.488. The number of carbonyl (C=O) groups excluding carboxylic acids is 1. The molecule has 0 bridgehead atoms. The molecule has 2 heterocycles. The molecule has 0 N–H and O–H groups in total. The van der Waals surface area contributed by atoms with Crippen molar-refractivity contribution in [2.24, 2.45) is 0 Å². The summed E-state index contributed by atoms with van der Waals surface area (Å²) in [5, 5.41) is 11.1. The van der Waals surface area contributed by atoms with E-state index in [0.29, 0.717) is 28.8 Å². The van der Waals surface area contributed by atoms with Gasteiger partial charge in [-0.1, -0.05) is 6.07 Å². The lowest BCUT2D eigenvalue weighted by atomic mass is 10.1. The predicted octanol–water partition coefficient (Wildman–Crippen LogP) is 3.42. The highest BCUT2D eigenvalue weighted by Gasteiger charge is 2.26. The lowest BCUT2D eigenvalue weighted by Crippen LogP contribution is -2.37. The SMILES string of the molecule is O=C(c1cc([N+](=O)[O-])ccc1I)N(Cc1cccnc1)CC1CCCO1. The number of aromatic nitrogens is 1. The smallest absolute Gasteiger partial charge is 0.270 e. The molecule has 1 aliphatic heterocycles. The molecule has 136 valence electrons. The summed E-state index contributed by atoms with van der Waals surface area (Å²) in [6.07, 6.45) is 5.27. The Kier molecular flexibility index (Phi) is 6.15. The second-order valence-corrected chi connectivity index (χ2v) is 7.27. The number of carbonyl (C=O) groups is 1. The van der Waals surface area contributed by atoms with E-state index >= 15 is 0 Å². The average Bonchev–Trinajstić information content (AvgIpc) is 3.15. The maximum Gasteiger partial charge on any atom is 0.270 e. The molecule has 8 heteroatoms. The van der Waals surface area contributed by atoms with Crippen LogP contribution in [0.4, 0.5) is 5.69 Å². The molecule has 1 unspecified atom stereocenters. The lowest BCUT2D eigenvalue weighted by molar-refractivity contribution is -0.384. The number of nitrogens with zero attached hydrogens (tertiary/aromatic N) is 3. The van der Waals surface area contributed by atoms with Crippen LogP contribution < -0.4 is 0 Å². The zero-order chi connectivity index (χ0) is 18.5. The maximum absolute atomic E-state index is 13.2. The van der Waals surface area contributed by atoms with E-state index in [9.17, 15) is 14.9 Å². The van der Waals surface area contributed by atoms with Crippen LogP contribution in [0, 0.1) is 13.7 Å². The van der Waals surface area contributed by atoms with Crippen molar-refractivity contribution >= 4 is 34.2 Å². The van der Waals surface area contributed by atoms with Crippen molar-refractivity contribution in [3.05, 3.63) is 67.5 Å². The van der Waals surface area contributed by atoms with E-state index in [1.165, 1.54) is 12.1 Å². The largest absolute Gasteiger partial charge is 0.376 e. The minimum Gasteiger partial charge on any atom is -0.376 e.